The highest BCUT2D eigenvalue weighted by Crippen LogP contribution is 2.26. The summed E-state index contributed by atoms with van der Waals surface area (Å²) in [4.78, 5) is 10.5. The van der Waals surface area contributed by atoms with Gasteiger partial charge in [0.2, 0.25) is 0 Å². The first-order valence-electron chi connectivity index (χ1n) is 6.21. The van der Waals surface area contributed by atoms with E-state index in [1.807, 2.05) is 0 Å². The van der Waals surface area contributed by atoms with Gasteiger partial charge >= 0.3 is 0 Å². The van der Waals surface area contributed by atoms with Crippen LogP contribution in [0.3, 0.4) is 0 Å². The van der Waals surface area contributed by atoms with E-state index in [-0.39, 0.29) is 12.3 Å². The fourth-order valence-electron chi connectivity index (χ4n) is 1.92. The van der Waals surface area contributed by atoms with E-state index in [2.05, 4.69) is 0 Å². The molecule has 0 spiro atoms. The summed E-state index contributed by atoms with van der Waals surface area (Å²) in [5.41, 5.74) is 1.19. The van der Waals surface area contributed by atoms with Crippen molar-refractivity contribution in [2.45, 2.75) is 19.6 Å². The molecule has 0 aliphatic heterocycles. The number of aliphatic hydroxyl groups excluding tert-OH is 1. The van der Waals surface area contributed by atoms with Crippen molar-refractivity contribution in [2.24, 2.45) is 0 Å². The van der Waals surface area contributed by atoms with E-state index in [1.54, 1.807) is 49.4 Å². The van der Waals surface area contributed by atoms with Crippen molar-refractivity contribution in [3.8, 4) is 5.75 Å². The zero-order valence-electron chi connectivity index (χ0n) is 11.0. The molecule has 0 amide bonds. The highest BCUT2D eigenvalue weighted by atomic mass is 16.6. The predicted molar refractivity (Wildman–Crippen MR) is 74.5 cm³/mol. The summed E-state index contributed by atoms with van der Waals surface area (Å²) < 4.78 is 5.61. The molecule has 0 fully saturated rings. The average Bonchev–Trinajstić information content (AvgIpc) is 2.45. The Morgan fingerprint density at radius 1 is 1.20 bits per heavy atom. The first-order valence-corrected chi connectivity index (χ1v) is 6.21. The molecule has 2 rings (SSSR count). The lowest BCUT2D eigenvalue weighted by atomic mass is 10.1. The van der Waals surface area contributed by atoms with Gasteiger partial charge in [-0.2, -0.15) is 0 Å². The number of rotatable bonds is 5. The van der Waals surface area contributed by atoms with Gasteiger partial charge in [0.25, 0.3) is 5.69 Å². The van der Waals surface area contributed by atoms with Gasteiger partial charge in [0.1, 0.15) is 12.4 Å². The van der Waals surface area contributed by atoms with Gasteiger partial charge in [-0.05, 0) is 19.1 Å². The molecule has 0 aliphatic rings. The third-order valence-electron chi connectivity index (χ3n) is 2.94. The maximum atomic E-state index is 10.9. The minimum absolute atomic E-state index is 0.0297. The highest BCUT2D eigenvalue weighted by molar-refractivity contribution is 5.40. The lowest BCUT2D eigenvalue weighted by Gasteiger charge is -2.13. The monoisotopic (exact) mass is 273 g/mol. The van der Waals surface area contributed by atoms with Crippen LogP contribution in [0, 0.1) is 10.1 Å². The zero-order valence-corrected chi connectivity index (χ0v) is 11.0. The van der Waals surface area contributed by atoms with Crippen LogP contribution in [0.5, 0.6) is 5.75 Å². The number of para-hydroxylation sites is 2. The SMILES string of the molecule is C[C@H](O)c1ccccc1OCc1ccccc1[N+](=O)[O-]. The Bertz CT molecular complexity index is 610. The summed E-state index contributed by atoms with van der Waals surface area (Å²) in [6, 6.07) is 13.5. The topological polar surface area (TPSA) is 72.6 Å². The smallest absolute Gasteiger partial charge is 0.276 e. The van der Waals surface area contributed by atoms with Gasteiger partial charge < -0.3 is 9.84 Å². The molecule has 0 unspecified atom stereocenters. The lowest BCUT2D eigenvalue weighted by Crippen LogP contribution is -2.03. The summed E-state index contributed by atoms with van der Waals surface area (Å²) in [5, 5.41) is 20.6. The summed E-state index contributed by atoms with van der Waals surface area (Å²) in [6.07, 6.45) is -0.656. The van der Waals surface area contributed by atoms with Gasteiger partial charge in [-0.25, -0.2) is 0 Å². The van der Waals surface area contributed by atoms with E-state index in [9.17, 15) is 15.2 Å². The number of hydrogen-bond acceptors (Lipinski definition) is 4. The Labute approximate surface area is 116 Å². The van der Waals surface area contributed by atoms with Gasteiger partial charge in [-0.3, -0.25) is 10.1 Å². The second-order valence-electron chi connectivity index (χ2n) is 4.39. The van der Waals surface area contributed by atoms with Crippen molar-refractivity contribution in [1.29, 1.82) is 0 Å². The fraction of sp³-hybridized carbons (Fsp3) is 0.200. The van der Waals surface area contributed by atoms with Crippen molar-refractivity contribution in [1.82, 2.24) is 0 Å². The van der Waals surface area contributed by atoms with Crippen LogP contribution in [0.1, 0.15) is 24.2 Å². The van der Waals surface area contributed by atoms with Crippen molar-refractivity contribution in [3.63, 3.8) is 0 Å². The van der Waals surface area contributed by atoms with Crippen LogP contribution in [-0.4, -0.2) is 10.0 Å². The van der Waals surface area contributed by atoms with Crippen LogP contribution in [0.2, 0.25) is 0 Å². The van der Waals surface area contributed by atoms with Gasteiger partial charge in [-0.15, -0.1) is 0 Å². The van der Waals surface area contributed by atoms with Gasteiger partial charge in [0.05, 0.1) is 16.6 Å². The first kappa shape index (κ1) is 14.0. The number of benzene rings is 2. The normalized spacial score (nSPS) is 11.9. The highest BCUT2D eigenvalue weighted by Gasteiger charge is 2.14. The Kier molecular flexibility index (Phi) is 4.32. The summed E-state index contributed by atoms with van der Waals surface area (Å²) >= 11 is 0. The molecule has 5 heteroatoms. The molecule has 0 bridgehead atoms. The molecule has 0 saturated heterocycles. The Morgan fingerprint density at radius 3 is 2.55 bits per heavy atom. The number of hydrogen-bond donors (Lipinski definition) is 1. The molecule has 104 valence electrons. The van der Waals surface area contributed by atoms with Crippen molar-refractivity contribution < 1.29 is 14.8 Å². The Balaban J connectivity index is 2.20. The number of aliphatic hydroxyl groups is 1. The lowest BCUT2D eigenvalue weighted by molar-refractivity contribution is -0.385. The van der Waals surface area contributed by atoms with E-state index < -0.39 is 11.0 Å². The van der Waals surface area contributed by atoms with Crippen LogP contribution in [0.15, 0.2) is 48.5 Å². The second kappa shape index (κ2) is 6.16. The average molecular weight is 273 g/mol. The third-order valence-corrected chi connectivity index (χ3v) is 2.94. The molecule has 20 heavy (non-hydrogen) atoms. The molecule has 0 aliphatic carbocycles. The Hall–Kier alpha value is -2.40. The van der Waals surface area contributed by atoms with Crippen molar-refractivity contribution >= 4 is 5.69 Å². The van der Waals surface area contributed by atoms with Crippen LogP contribution in [0.25, 0.3) is 0 Å². The van der Waals surface area contributed by atoms with Crippen molar-refractivity contribution in [3.05, 3.63) is 69.8 Å². The van der Waals surface area contributed by atoms with Crippen LogP contribution >= 0.6 is 0 Å². The Morgan fingerprint density at radius 2 is 1.85 bits per heavy atom. The molecular weight excluding hydrogens is 258 g/mol. The van der Waals surface area contributed by atoms with Gasteiger partial charge in [-0.1, -0.05) is 30.3 Å². The molecule has 5 nitrogen and oxygen atoms in total. The van der Waals surface area contributed by atoms with E-state index >= 15 is 0 Å². The molecule has 0 heterocycles. The summed E-state index contributed by atoms with van der Waals surface area (Å²) in [5.74, 6) is 0.528. The number of nitro benzene ring substituents is 1. The quantitative estimate of drug-likeness (QED) is 0.670. The van der Waals surface area contributed by atoms with E-state index in [1.165, 1.54) is 6.07 Å². The van der Waals surface area contributed by atoms with Crippen LogP contribution < -0.4 is 4.74 Å². The van der Waals surface area contributed by atoms with E-state index in [0.717, 1.165) is 0 Å². The second-order valence-corrected chi connectivity index (χ2v) is 4.39. The maximum Gasteiger partial charge on any atom is 0.276 e. The van der Waals surface area contributed by atoms with Crippen LogP contribution in [-0.2, 0) is 6.61 Å². The van der Waals surface area contributed by atoms with Gasteiger partial charge in [0, 0.05) is 11.6 Å². The van der Waals surface area contributed by atoms with E-state index in [0.29, 0.717) is 16.9 Å². The largest absolute Gasteiger partial charge is 0.488 e. The standard InChI is InChI=1S/C15H15NO4/c1-11(17)13-7-3-5-9-15(13)20-10-12-6-2-4-8-14(12)16(18)19/h2-9,11,17H,10H2,1H3/t11-/m0/s1. The van der Waals surface area contributed by atoms with Crippen molar-refractivity contribution in [2.75, 3.05) is 0 Å². The fourth-order valence-corrected chi connectivity index (χ4v) is 1.92. The molecule has 2 aromatic carbocycles. The molecular formula is C15H15NO4. The van der Waals surface area contributed by atoms with E-state index in [4.69, 9.17) is 4.74 Å². The molecule has 1 N–H and O–H groups in total. The predicted octanol–water partition coefficient (Wildman–Crippen LogP) is 3.23. The maximum absolute atomic E-state index is 10.9. The molecule has 0 radical (unpaired) electrons. The zero-order chi connectivity index (χ0) is 14.5. The summed E-state index contributed by atoms with van der Waals surface area (Å²) in [6.45, 7) is 1.73. The molecule has 1 atom stereocenters. The third kappa shape index (κ3) is 3.13. The number of nitrogens with zero attached hydrogens (tertiary/aromatic N) is 1. The number of ether oxygens (including phenoxy) is 1. The summed E-state index contributed by atoms with van der Waals surface area (Å²) in [7, 11) is 0. The van der Waals surface area contributed by atoms with Gasteiger partial charge in [0.15, 0.2) is 0 Å². The first-order chi connectivity index (χ1) is 9.59. The molecule has 0 aromatic heterocycles. The molecule has 0 saturated carbocycles. The minimum Gasteiger partial charge on any atom is -0.488 e. The molecule has 2 aromatic rings. The minimum atomic E-state index is -0.656. The number of nitro groups is 1. The van der Waals surface area contributed by atoms with Crippen LogP contribution in [0.4, 0.5) is 5.69 Å².